The Hall–Kier alpha value is -2.16. The van der Waals surface area contributed by atoms with Crippen molar-refractivity contribution in [2.45, 2.75) is 32.3 Å². The van der Waals surface area contributed by atoms with E-state index in [4.69, 9.17) is 20.4 Å². The number of rotatable bonds is 6. The van der Waals surface area contributed by atoms with E-state index in [1.54, 1.807) is 17.0 Å². The highest BCUT2D eigenvalue weighted by Crippen LogP contribution is 2.25. The van der Waals surface area contributed by atoms with Crippen LogP contribution in [-0.2, 0) is 4.79 Å². The van der Waals surface area contributed by atoms with Gasteiger partial charge in [0, 0.05) is 19.0 Å². The molecule has 0 saturated carbocycles. The molecule has 1 fully saturated rings. The second-order valence-electron chi connectivity index (χ2n) is 6.35. The summed E-state index contributed by atoms with van der Waals surface area (Å²) >= 11 is 0. The number of carboxylic acid groups (broad SMARTS) is 1. The first kappa shape index (κ1) is 21.9. The Balaban J connectivity index is 0.000000765. The Morgan fingerprint density at radius 1 is 1.38 bits per heavy atom. The van der Waals surface area contributed by atoms with Crippen molar-refractivity contribution in [2.75, 3.05) is 32.8 Å². The maximum Gasteiger partial charge on any atom is 0.300 e. The second-order valence-corrected chi connectivity index (χ2v) is 6.35. The number of aliphatic hydroxyl groups is 2. The van der Waals surface area contributed by atoms with E-state index >= 15 is 0 Å². The van der Waals surface area contributed by atoms with Gasteiger partial charge in [0.1, 0.15) is 11.4 Å². The Morgan fingerprint density at radius 2 is 2.04 bits per heavy atom. The fourth-order valence-corrected chi connectivity index (χ4v) is 2.50. The molecule has 2 rings (SSSR count). The topological polar surface area (TPSA) is 133 Å². The standard InChI is InChI=1S/C16H24N2O4.C2H4O2/c1-12-3-4-13(9-14(12)22-8-2-6-17)15(20)18-7-5-16(21,10-18)11-19;1-2(3)4/h3-4,9,19,21H,2,5-8,10-11,17H2,1H3;1H3,(H,3,4). The molecule has 0 spiro atoms. The number of aryl methyl sites for hydroxylation is 1. The summed E-state index contributed by atoms with van der Waals surface area (Å²) in [7, 11) is 0. The Kier molecular flexibility index (Phi) is 8.50. The number of carbonyl (C=O) groups excluding carboxylic acids is 1. The SMILES string of the molecule is CC(=O)O.Cc1ccc(C(=O)N2CCC(O)(CO)C2)cc1OCCCN. The summed E-state index contributed by atoms with van der Waals surface area (Å²) in [6.07, 6.45) is 1.15. The van der Waals surface area contributed by atoms with Crippen molar-refractivity contribution >= 4 is 11.9 Å². The zero-order valence-electron chi connectivity index (χ0n) is 15.3. The number of aliphatic hydroxyl groups excluding tert-OH is 1. The van der Waals surface area contributed by atoms with E-state index in [2.05, 4.69) is 0 Å². The summed E-state index contributed by atoms with van der Waals surface area (Å²) in [6.45, 7) is 4.34. The lowest BCUT2D eigenvalue weighted by molar-refractivity contribution is -0.134. The predicted molar refractivity (Wildman–Crippen MR) is 96.2 cm³/mol. The third kappa shape index (κ3) is 6.62. The Bertz CT molecular complexity index is 618. The molecule has 0 aromatic heterocycles. The van der Waals surface area contributed by atoms with Crippen molar-refractivity contribution in [3.8, 4) is 5.75 Å². The summed E-state index contributed by atoms with van der Waals surface area (Å²) < 4.78 is 5.65. The fraction of sp³-hybridized carbons (Fsp3) is 0.556. The summed E-state index contributed by atoms with van der Waals surface area (Å²) in [5, 5.41) is 26.6. The first-order valence-electron chi connectivity index (χ1n) is 8.48. The molecular weight excluding hydrogens is 340 g/mol. The van der Waals surface area contributed by atoms with Crippen LogP contribution in [0.5, 0.6) is 5.75 Å². The monoisotopic (exact) mass is 368 g/mol. The van der Waals surface area contributed by atoms with Gasteiger partial charge >= 0.3 is 0 Å². The van der Waals surface area contributed by atoms with Gasteiger partial charge in [0.2, 0.25) is 0 Å². The minimum absolute atomic E-state index is 0.152. The number of likely N-dealkylation sites (tertiary alicyclic amines) is 1. The van der Waals surface area contributed by atoms with Crippen LogP contribution >= 0.6 is 0 Å². The van der Waals surface area contributed by atoms with Crippen LogP contribution in [0.4, 0.5) is 0 Å². The quantitative estimate of drug-likeness (QED) is 0.534. The molecule has 1 atom stereocenters. The maximum absolute atomic E-state index is 12.5. The normalized spacial score (nSPS) is 18.9. The van der Waals surface area contributed by atoms with Gasteiger partial charge in [-0.05, 0) is 44.0 Å². The number of ether oxygens (including phenoxy) is 1. The van der Waals surface area contributed by atoms with Crippen molar-refractivity contribution in [1.82, 2.24) is 4.90 Å². The van der Waals surface area contributed by atoms with Crippen LogP contribution in [-0.4, -0.2) is 70.5 Å². The van der Waals surface area contributed by atoms with Gasteiger partial charge in [-0.2, -0.15) is 0 Å². The van der Waals surface area contributed by atoms with Crippen molar-refractivity contribution in [3.63, 3.8) is 0 Å². The third-order valence-electron chi connectivity index (χ3n) is 3.95. The third-order valence-corrected chi connectivity index (χ3v) is 3.95. The lowest BCUT2D eigenvalue weighted by Gasteiger charge is -2.21. The summed E-state index contributed by atoms with van der Waals surface area (Å²) in [6, 6.07) is 5.33. The molecule has 1 aliphatic heterocycles. The van der Waals surface area contributed by atoms with E-state index in [1.807, 2.05) is 13.0 Å². The maximum atomic E-state index is 12.5. The molecule has 0 radical (unpaired) electrons. The number of aliphatic carboxylic acids is 1. The average molecular weight is 368 g/mol. The first-order chi connectivity index (χ1) is 12.2. The zero-order chi connectivity index (χ0) is 19.7. The Morgan fingerprint density at radius 3 is 2.58 bits per heavy atom. The number of hydrogen-bond acceptors (Lipinski definition) is 6. The molecule has 8 nitrogen and oxygen atoms in total. The highest BCUT2D eigenvalue weighted by atomic mass is 16.5. The zero-order valence-corrected chi connectivity index (χ0v) is 15.3. The number of carbonyl (C=O) groups is 2. The average Bonchev–Trinajstić information content (AvgIpc) is 2.99. The molecule has 5 N–H and O–H groups in total. The number of nitrogens with zero attached hydrogens (tertiary/aromatic N) is 1. The number of carboxylic acids is 1. The first-order valence-corrected chi connectivity index (χ1v) is 8.48. The lowest BCUT2D eigenvalue weighted by Crippen LogP contribution is -2.38. The van der Waals surface area contributed by atoms with E-state index in [-0.39, 0.29) is 19.1 Å². The molecule has 1 aromatic rings. The van der Waals surface area contributed by atoms with Crippen LogP contribution in [0.15, 0.2) is 18.2 Å². The lowest BCUT2D eigenvalue weighted by atomic mass is 10.1. The van der Waals surface area contributed by atoms with Crippen LogP contribution in [0, 0.1) is 6.92 Å². The molecule has 1 amide bonds. The van der Waals surface area contributed by atoms with Gasteiger partial charge < -0.3 is 30.7 Å². The van der Waals surface area contributed by atoms with E-state index < -0.39 is 11.6 Å². The minimum Gasteiger partial charge on any atom is -0.493 e. The molecule has 1 aliphatic rings. The van der Waals surface area contributed by atoms with E-state index in [9.17, 15) is 15.0 Å². The molecular formula is C18H28N2O6. The van der Waals surface area contributed by atoms with Crippen molar-refractivity contribution < 1.29 is 29.6 Å². The van der Waals surface area contributed by atoms with Crippen molar-refractivity contribution in [2.24, 2.45) is 5.73 Å². The number of benzene rings is 1. The molecule has 8 heteroatoms. The van der Waals surface area contributed by atoms with Gasteiger partial charge in [0.05, 0.1) is 19.8 Å². The number of hydrogen-bond donors (Lipinski definition) is 4. The van der Waals surface area contributed by atoms with Crippen LogP contribution < -0.4 is 10.5 Å². The van der Waals surface area contributed by atoms with Gasteiger partial charge in [0.15, 0.2) is 0 Å². The molecule has 1 heterocycles. The van der Waals surface area contributed by atoms with Crippen LogP contribution in [0.25, 0.3) is 0 Å². The largest absolute Gasteiger partial charge is 0.493 e. The van der Waals surface area contributed by atoms with Crippen molar-refractivity contribution in [3.05, 3.63) is 29.3 Å². The van der Waals surface area contributed by atoms with E-state index in [1.165, 1.54) is 0 Å². The number of amides is 1. The van der Waals surface area contributed by atoms with E-state index in [0.717, 1.165) is 18.9 Å². The molecule has 26 heavy (non-hydrogen) atoms. The van der Waals surface area contributed by atoms with Gasteiger partial charge in [-0.1, -0.05) is 6.07 Å². The Labute approximate surface area is 153 Å². The molecule has 1 aromatic carbocycles. The predicted octanol–water partition coefficient (Wildman–Crippen LogP) is 0.383. The fourth-order valence-electron chi connectivity index (χ4n) is 2.50. The number of nitrogens with two attached hydrogens (primary N) is 1. The van der Waals surface area contributed by atoms with E-state index in [0.29, 0.717) is 37.4 Å². The second kappa shape index (κ2) is 10.1. The van der Waals surface area contributed by atoms with Crippen LogP contribution in [0.1, 0.15) is 35.7 Å². The summed E-state index contributed by atoms with van der Waals surface area (Å²) in [5.74, 6) is -0.316. The molecule has 1 unspecified atom stereocenters. The highest BCUT2D eigenvalue weighted by Gasteiger charge is 2.37. The van der Waals surface area contributed by atoms with Crippen LogP contribution in [0.2, 0.25) is 0 Å². The van der Waals surface area contributed by atoms with Crippen LogP contribution in [0.3, 0.4) is 0 Å². The molecule has 146 valence electrons. The minimum atomic E-state index is -1.18. The smallest absolute Gasteiger partial charge is 0.300 e. The number of β-amino-alcohol motifs (C(OH)–C–C–N with tert-alkyl or cyclic N) is 1. The highest BCUT2D eigenvalue weighted by molar-refractivity contribution is 5.95. The molecule has 0 aliphatic carbocycles. The van der Waals surface area contributed by atoms with Crippen molar-refractivity contribution in [1.29, 1.82) is 0 Å². The molecule has 1 saturated heterocycles. The van der Waals surface area contributed by atoms with Gasteiger partial charge in [-0.15, -0.1) is 0 Å². The van der Waals surface area contributed by atoms with Gasteiger partial charge in [-0.25, -0.2) is 0 Å². The van der Waals surface area contributed by atoms with Gasteiger partial charge in [0.25, 0.3) is 11.9 Å². The summed E-state index contributed by atoms with van der Waals surface area (Å²) in [4.78, 5) is 23.1. The summed E-state index contributed by atoms with van der Waals surface area (Å²) in [5.41, 5.74) is 5.75. The molecule has 0 bridgehead atoms. The van der Waals surface area contributed by atoms with Gasteiger partial charge in [-0.3, -0.25) is 9.59 Å².